The third-order valence-corrected chi connectivity index (χ3v) is 10.5. The zero-order valence-electron chi connectivity index (χ0n) is 33.9. The van der Waals surface area contributed by atoms with Crippen LogP contribution in [-0.2, 0) is 31.9 Å². The fraction of sp³-hybridized carbons (Fsp3) is 0.659. The fourth-order valence-corrected chi connectivity index (χ4v) is 6.91. The highest BCUT2D eigenvalue weighted by molar-refractivity contribution is 5.80. The van der Waals surface area contributed by atoms with E-state index >= 15 is 0 Å². The molecule has 1 heterocycles. The molecule has 1 aliphatic rings. The Morgan fingerprint density at radius 2 is 1.46 bits per heavy atom. The average molecular weight is 837 g/mol. The van der Waals surface area contributed by atoms with Gasteiger partial charge in [-0.3, -0.25) is 29.8 Å². The molecule has 0 bridgehead atoms. The minimum Gasteiger partial charge on any atom is -0.390 e. The number of rotatable bonds is 27. The summed E-state index contributed by atoms with van der Waals surface area (Å²) in [6.07, 6.45) is 1.38. The summed E-state index contributed by atoms with van der Waals surface area (Å²) < 4.78 is 25.6. The van der Waals surface area contributed by atoms with E-state index in [2.05, 4.69) is 17.6 Å². The molecule has 17 nitrogen and oxygen atoms in total. The van der Waals surface area contributed by atoms with Crippen molar-refractivity contribution in [3.05, 3.63) is 79.1 Å². The Balaban J connectivity index is 1.60. The normalized spacial score (nSPS) is 20.7. The molecule has 0 spiro atoms. The van der Waals surface area contributed by atoms with Crippen LogP contribution in [0, 0.1) is 33.0 Å². The maximum atomic E-state index is 14.2. The van der Waals surface area contributed by atoms with Crippen molar-refractivity contribution < 1.29 is 58.8 Å². The summed E-state index contributed by atoms with van der Waals surface area (Å²) in [5.74, 6) is -1.93. The van der Waals surface area contributed by atoms with Gasteiger partial charge in [0.1, 0.15) is 36.3 Å². The molecule has 18 heteroatoms. The Morgan fingerprint density at radius 3 is 2.05 bits per heavy atom. The van der Waals surface area contributed by atoms with Gasteiger partial charge in [-0.25, -0.2) is 4.39 Å². The first kappa shape index (κ1) is 49.2. The van der Waals surface area contributed by atoms with Crippen LogP contribution in [-0.4, -0.2) is 109 Å². The monoisotopic (exact) mass is 836 g/mol. The van der Waals surface area contributed by atoms with Crippen LogP contribution in [0.3, 0.4) is 0 Å². The third-order valence-electron chi connectivity index (χ3n) is 10.5. The largest absolute Gasteiger partial charge is 0.390 e. The van der Waals surface area contributed by atoms with Crippen molar-refractivity contribution in [2.75, 3.05) is 13.2 Å². The summed E-state index contributed by atoms with van der Waals surface area (Å²) in [6.45, 7) is 2.74. The molecule has 2 amide bonds. The molecular weight excluding hydrogens is 775 g/mol. The van der Waals surface area contributed by atoms with Gasteiger partial charge in [0.2, 0.25) is 11.8 Å². The summed E-state index contributed by atoms with van der Waals surface area (Å²) >= 11 is 0. The third kappa shape index (κ3) is 16.4. The number of carbonyl (C=O) groups is 2. The number of aliphatic hydroxyl groups excluding tert-OH is 5. The molecule has 8 atom stereocenters. The average Bonchev–Trinajstić information content (AvgIpc) is 3.20. The second-order valence-electron chi connectivity index (χ2n) is 15.3. The number of aryl methyl sites for hydroxylation is 1. The van der Waals surface area contributed by atoms with E-state index in [1.807, 2.05) is 0 Å². The molecule has 7 N–H and O–H groups in total. The molecule has 330 valence electrons. The first-order valence-corrected chi connectivity index (χ1v) is 20.5. The maximum Gasteiger partial charge on any atom is 0.279 e. The number of halogens is 1. The zero-order chi connectivity index (χ0) is 43.5. The van der Waals surface area contributed by atoms with E-state index in [0.717, 1.165) is 43.9 Å². The predicted molar refractivity (Wildman–Crippen MR) is 214 cm³/mol. The number of ether oxygens (including phenoxy) is 2. The Morgan fingerprint density at radius 1 is 0.831 bits per heavy atom. The van der Waals surface area contributed by atoms with Crippen LogP contribution in [0.15, 0.2) is 36.4 Å². The van der Waals surface area contributed by atoms with Crippen LogP contribution in [0.4, 0.5) is 15.8 Å². The number of unbranched alkanes of at least 4 members (excludes halogenated alkanes) is 11. The molecule has 0 aromatic heterocycles. The van der Waals surface area contributed by atoms with Crippen LogP contribution in [0.1, 0.15) is 107 Å². The van der Waals surface area contributed by atoms with Gasteiger partial charge in [-0.15, -0.1) is 0 Å². The van der Waals surface area contributed by atoms with Gasteiger partial charge in [0.15, 0.2) is 6.29 Å². The van der Waals surface area contributed by atoms with Crippen molar-refractivity contribution in [2.45, 2.75) is 159 Å². The first-order valence-electron chi connectivity index (χ1n) is 20.5. The molecule has 0 aliphatic carbocycles. The lowest BCUT2D eigenvalue weighted by Crippen LogP contribution is -2.61. The topological polar surface area (TPSA) is 264 Å². The number of non-ortho nitro benzene ring substituents is 1. The van der Waals surface area contributed by atoms with E-state index in [1.54, 1.807) is 13.0 Å². The second-order valence-corrected chi connectivity index (χ2v) is 15.3. The standard InChI is InChI=1S/C41H61FN4O13/c1-3-4-5-6-7-8-9-10-11-12-13-14-15-33(47)37(50)31(44-36(49)21-27-17-16-26(2)30(42)20-27)25-58-41-40(53)39(52)38(51)34(59-41)24-43-35(48)22-28-18-19-29(45(54)55)23-32(28)46(56)57/h16-20,23,31,33-34,37-41,47,50-53H,3-15,21-22,24-25H2,1-2H3,(H,43,48)(H,44,49)/t31-,33+,34?,37-,38-,39?,40-,41-/m0/s1. The van der Waals surface area contributed by atoms with Crippen molar-refractivity contribution >= 4 is 23.2 Å². The summed E-state index contributed by atoms with van der Waals surface area (Å²) in [7, 11) is 0. The molecular formula is C41H61FN4O13. The minimum atomic E-state index is -1.85. The van der Waals surface area contributed by atoms with Gasteiger partial charge in [0, 0.05) is 18.2 Å². The number of hydrogen-bond donors (Lipinski definition) is 7. The van der Waals surface area contributed by atoms with Crippen LogP contribution in [0.2, 0.25) is 0 Å². The Kier molecular flexibility index (Phi) is 21.2. The van der Waals surface area contributed by atoms with Gasteiger partial charge in [-0.05, 0) is 36.6 Å². The molecule has 1 saturated heterocycles. The molecule has 59 heavy (non-hydrogen) atoms. The van der Waals surface area contributed by atoms with E-state index in [-0.39, 0.29) is 18.4 Å². The van der Waals surface area contributed by atoms with Gasteiger partial charge in [-0.1, -0.05) is 96.1 Å². The van der Waals surface area contributed by atoms with Gasteiger partial charge in [0.25, 0.3) is 11.4 Å². The second kappa shape index (κ2) is 25.5. The molecule has 2 aromatic rings. The number of nitro benzene ring substituents is 2. The molecule has 1 fully saturated rings. The van der Waals surface area contributed by atoms with E-state index in [4.69, 9.17) is 9.47 Å². The van der Waals surface area contributed by atoms with Gasteiger partial charge >= 0.3 is 0 Å². The number of carbonyl (C=O) groups excluding carboxylic acids is 2. The lowest BCUT2D eigenvalue weighted by molar-refractivity contribution is -0.394. The molecule has 2 aromatic carbocycles. The molecule has 0 radical (unpaired) electrons. The van der Waals surface area contributed by atoms with Crippen molar-refractivity contribution in [3.63, 3.8) is 0 Å². The highest BCUT2D eigenvalue weighted by atomic mass is 19.1. The van der Waals surface area contributed by atoms with Crippen LogP contribution in [0.25, 0.3) is 0 Å². The van der Waals surface area contributed by atoms with Crippen LogP contribution < -0.4 is 10.6 Å². The lowest BCUT2D eigenvalue weighted by atomic mass is 9.98. The van der Waals surface area contributed by atoms with Crippen molar-refractivity contribution in [1.29, 1.82) is 0 Å². The van der Waals surface area contributed by atoms with Gasteiger partial charge in [0.05, 0.1) is 47.5 Å². The number of benzene rings is 2. The number of nitrogens with one attached hydrogen (secondary N) is 2. The van der Waals surface area contributed by atoms with E-state index in [1.165, 1.54) is 57.1 Å². The van der Waals surface area contributed by atoms with Crippen LogP contribution in [0.5, 0.6) is 0 Å². The Labute approximate surface area is 343 Å². The lowest BCUT2D eigenvalue weighted by Gasteiger charge is -2.41. The highest BCUT2D eigenvalue weighted by Crippen LogP contribution is 2.26. The summed E-state index contributed by atoms with van der Waals surface area (Å²) in [4.78, 5) is 46.7. The number of nitrogens with zero attached hydrogens (tertiary/aromatic N) is 2. The molecule has 1 aliphatic heterocycles. The number of amides is 2. The van der Waals surface area contributed by atoms with Crippen LogP contribution >= 0.6 is 0 Å². The Hall–Kier alpha value is -4.17. The van der Waals surface area contributed by atoms with E-state index in [9.17, 15) is 59.7 Å². The quantitative estimate of drug-likeness (QED) is 0.0382. The highest BCUT2D eigenvalue weighted by Gasteiger charge is 2.45. The summed E-state index contributed by atoms with van der Waals surface area (Å²) in [5, 5.41) is 81.7. The van der Waals surface area contributed by atoms with Gasteiger partial charge in [-0.2, -0.15) is 0 Å². The maximum absolute atomic E-state index is 14.2. The number of aliphatic hydroxyl groups is 5. The summed E-state index contributed by atoms with van der Waals surface area (Å²) in [5.41, 5.74) is -0.567. The SMILES string of the molecule is CCCCCCCCCCCCCC[C@@H](O)[C@@H](O)[C@H](CO[C@H]1OC(CNC(=O)Cc2ccc([N+](=O)[O-])cc2[N+](=O)[O-])[C@H](O)C(O)[C@@H]1O)NC(=O)Cc1ccc(C)c(F)c1. The minimum absolute atomic E-state index is 0.125. The van der Waals surface area contributed by atoms with E-state index < -0.39 is 107 Å². The molecule has 0 saturated carbocycles. The smallest absolute Gasteiger partial charge is 0.279 e. The predicted octanol–water partition coefficient (Wildman–Crippen LogP) is 3.97. The molecule has 2 unspecified atom stereocenters. The fourth-order valence-electron chi connectivity index (χ4n) is 6.91. The Bertz CT molecular complexity index is 1650. The van der Waals surface area contributed by atoms with Gasteiger partial charge < -0.3 is 45.6 Å². The molecule has 3 rings (SSSR count). The van der Waals surface area contributed by atoms with Crippen molar-refractivity contribution in [2.24, 2.45) is 0 Å². The van der Waals surface area contributed by atoms with E-state index in [0.29, 0.717) is 17.5 Å². The zero-order valence-corrected chi connectivity index (χ0v) is 33.9. The summed E-state index contributed by atoms with van der Waals surface area (Å²) in [6, 6.07) is 5.84. The van der Waals surface area contributed by atoms with Crippen molar-refractivity contribution in [3.8, 4) is 0 Å². The van der Waals surface area contributed by atoms with Crippen molar-refractivity contribution in [1.82, 2.24) is 10.6 Å². The number of hydrogen-bond acceptors (Lipinski definition) is 13. The number of nitro groups is 2. The first-order chi connectivity index (χ1) is 28.1.